The molecule has 1 N–H and O–H groups in total. The molecule has 0 unspecified atom stereocenters. The van der Waals surface area contributed by atoms with E-state index in [9.17, 15) is 20.2 Å². The lowest BCUT2D eigenvalue weighted by molar-refractivity contribution is -0.395. The summed E-state index contributed by atoms with van der Waals surface area (Å²) in [6.07, 6.45) is 1.67. The molecule has 1 rings (SSSR count). The second-order valence-electron chi connectivity index (χ2n) is 2.81. The SMILES string of the molecule is CNc1cc(SC)c([N+](=O)[O-])cc1[N+](=O)[O-]. The van der Waals surface area contributed by atoms with Crippen LogP contribution in [0.4, 0.5) is 17.1 Å². The minimum absolute atomic E-state index is 0.252. The molecule has 16 heavy (non-hydrogen) atoms. The maximum atomic E-state index is 10.7. The average molecular weight is 243 g/mol. The number of hydrogen-bond donors (Lipinski definition) is 1. The Morgan fingerprint density at radius 3 is 2.12 bits per heavy atom. The van der Waals surface area contributed by atoms with E-state index in [1.54, 1.807) is 6.26 Å². The van der Waals surface area contributed by atoms with Gasteiger partial charge in [0.2, 0.25) is 0 Å². The number of nitrogens with zero attached hydrogens (tertiary/aromatic N) is 2. The summed E-state index contributed by atoms with van der Waals surface area (Å²) in [7, 11) is 1.53. The molecule has 0 amide bonds. The van der Waals surface area contributed by atoms with Crippen molar-refractivity contribution in [1.82, 2.24) is 0 Å². The fourth-order valence-corrected chi connectivity index (χ4v) is 1.79. The van der Waals surface area contributed by atoms with E-state index in [1.807, 2.05) is 0 Å². The molecular weight excluding hydrogens is 234 g/mol. The van der Waals surface area contributed by atoms with Gasteiger partial charge in [-0.05, 0) is 12.3 Å². The maximum absolute atomic E-state index is 10.7. The summed E-state index contributed by atoms with van der Waals surface area (Å²) < 4.78 is 0. The molecule has 1 aromatic carbocycles. The van der Waals surface area contributed by atoms with Gasteiger partial charge >= 0.3 is 0 Å². The summed E-state index contributed by atoms with van der Waals surface area (Å²) in [5.41, 5.74) is -0.287. The normalized spacial score (nSPS) is 9.88. The van der Waals surface area contributed by atoms with Crippen molar-refractivity contribution >= 4 is 28.8 Å². The number of thioether (sulfide) groups is 1. The highest BCUT2D eigenvalue weighted by molar-refractivity contribution is 7.98. The lowest BCUT2D eigenvalue weighted by Crippen LogP contribution is -1.99. The van der Waals surface area contributed by atoms with Crippen LogP contribution in [0.1, 0.15) is 0 Å². The third-order valence-electron chi connectivity index (χ3n) is 1.96. The molecule has 0 aromatic heterocycles. The van der Waals surface area contributed by atoms with Crippen molar-refractivity contribution in [2.24, 2.45) is 0 Å². The van der Waals surface area contributed by atoms with Crippen LogP contribution in [0.25, 0.3) is 0 Å². The van der Waals surface area contributed by atoms with E-state index >= 15 is 0 Å². The lowest BCUT2D eigenvalue weighted by atomic mass is 10.2. The van der Waals surface area contributed by atoms with Gasteiger partial charge in [0.05, 0.1) is 20.8 Å². The Balaban J connectivity index is 3.46. The predicted octanol–water partition coefficient (Wildman–Crippen LogP) is 2.27. The number of benzene rings is 1. The second kappa shape index (κ2) is 4.79. The minimum atomic E-state index is -0.650. The number of nitrogens with one attached hydrogen (secondary N) is 1. The van der Waals surface area contributed by atoms with Gasteiger partial charge in [-0.25, -0.2) is 0 Å². The van der Waals surface area contributed by atoms with Crippen molar-refractivity contribution in [3.8, 4) is 0 Å². The molecule has 0 heterocycles. The van der Waals surface area contributed by atoms with Crippen LogP contribution in [-0.2, 0) is 0 Å². The molecule has 0 spiro atoms. The summed E-state index contributed by atoms with van der Waals surface area (Å²) in [5.74, 6) is 0. The zero-order valence-corrected chi connectivity index (χ0v) is 9.41. The number of nitro benzene ring substituents is 2. The van der Waals surface area contributed by atoms with E-state index in [2.05, 4.69) is 5.32 Å². The van der Waals surface area contributed by atoms with Gasteiger partial charge in [0.25, 0.3) is 11.4 Å². The summed E-state index contributed by atoms with van der Waals surface area (Å²) in [6.45, 7) is 0. The van der Waals surface area contributed by atoms with Crippen molar-refractivity contribution < 1.29 is 9.85 Å². The smallest absolute Gasteiger partial charge is 0.299 e. The van der Waals surface area contributed by atoms with E-state index in [-0.39, 0.29) is 17.1 Å². The van der Waals surface area contributed by atoms with Crippen molar-refractivity contribution in [1.29, 1.82) is 0 Å². The van der Waals surface area contributed by atoms with E-state index < -0.39 is 9.85 Å². The first-order chi connectivity index (χ1) is 7.51. The van der Waals surface area contributed by atoms with Crippen LogP contribution in [0.15, 0.2) is 17.0 Å². The van der Waals surface area contributed by atoms with Gasteiger partial charge in [0.1, 0.15) is 5.69 Å². The van der Waals surface area contributed by atoms with Crippen molar-refractivity contribution in [3.05, 3.63) is 32.4 Å². The second-order valence-corrected chi connectivity index (χ2v) is 3.65. The molecule has 0 aliphatic heterocycles. The van der Waals surface area contributed by atoms with Gasteiger partial charge in [0, 0.05) is 7.05 Å². The van der Waals surface area contributed by atoms with Crippen LogP contribution in [0.2, 0.25) is 0 Å². The largest absolute Gasteiger partial charge is 0.383 e. The first-order valence-corrected chi connectivity index (χ1v) is 5.42. The Morgan fingerprint density at radius 2 is 1.75 bits per heavy atom. The topological polar surface area (TPSA) is 98.3 Å². The highest BCUT2D eigenvalue weighted by atomic mass is 32.2. The monoisotopic (exact) mass is 243 g/mol. The molecule has 0 saturated carbocycles. The van der Waals surface area contributed by atoms with Gasteiger partial charge in [-0.1, -0.05) is 0 Å². The third kappa shape index (κ3) is 2.22. The highest BCUT2D eigenvalue weighted by Gasteiger charge is 2.23. The molecule has 0 radical (unpaired) electrons. The van der Waals surface area contributed by atoms with Crippen molar-refractivity contribution in [2.75, 3.05) is 18.6 Å². The number of hydrogen-bond acceptors (Lipinski definition) is 6. The summed E-state index contributed by atoms with van der Waals surface area (Å²) in [5, 5.41) is 24.0. The van der Waals surface area contributed by atoms with Gasteiger partial charge in [-0.15, -0.1) is 11.8 Å². The fraction of sp³-hybridized carbons (Fsp3) is 0.250. The molecule has 1 aromatic rings. The maximum Gasteiger partial charge on any atom is 0.299 e. The Morgan fingerprint density at radius 1 is 1.19 bits per heavy atom. The van der Waals surface area contributed by atoms with Gasteiger partial charge in [0.15, 0.2) is 0 Å². The molecular formula is C8H9N3O4S. The van der Waals surface area contributed by atoms with Gasteiger partial charge in [-0.3, -0.25) is 20.2 Å². The van der Waals surface area contributed by atoms with Crippen LogP contribution < -0.4 is 5.32 Å². The van der Waals surface area contributed by atoms with Crippen LogP contribution >= 0.6 is 11.8 Å². The van der Waals surface area contributed by atoms with E-state index in [4.69, 9.17) is 0 Å². The molecule has 0 saturated heterocycles. The molecule has 0 bridgehead atoms. The molecule has 0 aliphatic carbocycles. The zero-order chi connectivity index (χ0) is 12.3. The predicted molar refractivity (Wildman–Crippen MR) is 61.1 cm³/mol. The number of rotatable bonds is 4. The summed E-state index contributed by atoms with van der Waals surface area (Å²) in [4.78, 5) is 20.5. The van der Waals surface area contributed by atoms with E-state index in [0.717, 1.165) is 6.07 Å². The van der Waals surface area contributed by atoms with E-state index in [1.165, 1.54) is 24.9 Å². The number of anilines is 1. The van der Waals surface area contributed by atoms with Crippen LogP contribution in [0, 0.1) is 20.2 Å². The third-order valence-corrected chi connectivity index (χ3v) is 2.73. The first-order valence-electron chi connectivity index (χ1n) is 4.19. The number of nitro groups is 2. The van der Waals surface area contributed by atoms with Crippen molar-refractivity contribution in [3.63, 3.8) is 0 Å². The van der Waals surface area contributed by atoms with Crippen molar-refractivity contribution in [2.45, 2.75) is 4.90 Å². The Bertz CT molecular complexity index is 412. The van der Waals surface area contributed by atoms with Crippen LogP contribution in [0.5, 0.6) is 0 Å². The van der Waals surface area contributed by atoms with Crippen LogP contribution in [0.3, 0.4) is 0 Å². The molecule has 0 fully saturated rings. The molecule has 8 heteroatoms. The summed E-state index contributed by atoms with van der Waals surface area (Å²) >= 11 is 1.17. The quantitative estimate of drug-likeness (QED) is 0.494. The van der Waals surface area contributed by atoms with Crippen LogP contribution in [-0.4, -0.2) is 23.2 Å². The van der Waals surface area contributed by atoms with Gasteiger partial charge < -0.3 is 5.32 Å². The Labute approximate surface area is 95.1 Å². The Kier molecular flexibility index (Phi) is 3.67. The fourth-order valence-electron chi connectivity index (χ4n) is 1.21. The highest BCUT2D eigenvalue weighted by Crippen LogP contribution is 2.36. The minimum Gasteiger partial charge on any atom is -0.383 e. The lowest BCUT2D eigenvalue weighted by Gasteiger charge is -2.05. The zero-order valence-electron chi connectivity index (χ0n) is 8.59. The summed E-state index contributed by atoms with van der Waals surface area (Å²) in [6, 6.07) is 2.37. The van der Waals surface area contributed by atoms with Gasteiger partial charge in [-0.2, -0.15) is 0 Å². The molecule has 7 nitrogen and oxygen atoms in total. The molecule has 86 valence electrons. The standard InChI is InChI=1S/C8H9N3O4S/c1-9-5-3-8(16-2)7(11(14)15)4-6(5)10(12)13/h3-4,9H,1-2H3. The molecule has 0 atom stereocenters. The molecule has 0 aliphatic rings. The van der Waals surface area contributed by atoms with E-state index in [0.29, 0.717) is 4.90 Å². The first kappa shape index (κ1) is 12.2. The average Bonchev–Trinajstić information content (AvgIpc) is 2.26. The Hall–Kier alpha value is -1.83.